The van der Waals surface area contributed by atoms with Crippen molar-refractivity contribution >= 4 is 38.6 Å². The number of halogens is 1. The van der Waals surface area contributed by atoms with E-state index < -0.39 is 0 Å². The molecule has 2 rings (SSSR count). The van der Waals surface area contributed by atoms with Crippen molar-refractivity contribution in [2.24, 2.45) is 5.73 Å². The van der Waals surface area contributed by atoms with Crippen molar-refractivity contribution < 1.29 is 0 Å². The maximum Gasteiger partial charge on any atom is 0.134 e. The third-order valence-electron chi connectivity index (χ3n) is 1.76. The fraction of sp³-hybridized carbons (Fsp3) is 0.222. The summed E-state index contributed by atoms with van der Waals surface area (Å²) in [4.78, 5) is 5.73. The van der Waals surface area contributed by atoms with E-state index in [4.69, 9.17) is 5.73 Å². The normalized spacial score (nSPS) is 10.7. The molecule has 5 heteroatoms. The molecule has 0 aliphatic heterocycles. The van der Waals surface area contributed by atoms with E-state index in [1.54, 1.807) is 22.7 Å². The second-order valence-electron chi connectivity index (χ2n) is 2.78. The van der Waals surface area contributed by atoms with Crippen molar-refractivity contribution in [3.63, 3.8) is 0 Å². The van der Waals surface area contributed by atoms with E-state index >= 15 is 0 Å². The standard InChI is InChI=1S/C9H9BrN2S2/c10-7-2-4-13-8(7)9-12-6(1-3-11)5-14-9/h2,4-5H,1,3,11H2. The molecule has 0 amide bonds. The van der Waals surface area contributed by atoms with Gasteiger partial charge in [-0.2, -0.15) is 0 Å². The summed E-state index contributed by atoms with van der Waals surface area (Å²) in [7, 11) is 0. The lowest BCUT2D eigenvalue weighted by molar-refractivity contribution is 0.937. The SMILES string of the molecule is NCCc1csc(-c2sccc2Br)n1. The highest BCUT2D eigenvalue weighted by Crippen LogP contribution is 2.35. The Labute approximate surface area is 98.9 Å². The Bertz CT molecular complexity index is 422. The maximum atomic E-state index is 5.48. The molecule has 0 unspecified atom stereocenters. The van der Waals surface area contributed by atoms with Gasteiger partial charge in [-0.25, -0.2) is 4.98 Å². The van der Waals surface area contributed by atoms with Gasteiger partial charge in [0.15, 0.2) is 0 Å². The summed E-state index contributed by atoms with van der Waals surface area (Å²) in [6.07, 6.45) is 0.861. The fourth-order valence-electron chi connectivity index (χ4n) is 1.12. The zero-order chi connectivity index (χ0) is 9.97. The summed E-state index contributed by atoms with van der Waals surface area (Å²) >= 11 is 6.88. The Morgan fingerprint density at radius 1 is 1.43 bits per heavy atom. The van der Waals surface area contributed by atoms with Crippen molar-refractivity contribution in [2.45, 2.75) is 6.42 Å². The third-order valence-corrected chi connectivity index (χ3v) is 4.65. The summed E-state index contributed by atoms with van der Waals surface area (Å²) in [6.45, 7) is 0.661. The highest BCUT2D eigenvalue weighted by Gasteiger charge is 2.08. The highest BCUT2D eigenvalue weighted by atomic mass is 79.9. The zero-order valence-electron chi connectivity index (χ0n) is 7.37. The van der Waals surface area contributed by atoms with Gasteiger partial charge in [0, 0.05) is 16.3 Å². The molecule has 0 bridgehead atoms. The van der Waals surface area contributed by atoms with Gasteiger partial charge >= 0.3 is 0 Å². The van der Waals surface area contributed by atoms with Crippen LogP contribution in [0.2, 0.25) is 0 Å². The number of nitrogens with two attached hydrogens (primary N) is 1. The molecule has 2 heterocycles. The molecule has 2 aromatic rings. The first kappa shape index (κ1) is 10.3. The van der Waals surface area contributed by atoms with Crippen LogP contribution < -0.4 is 5.73 Å². The van der Waals surface area contributed by atoms with E-state index in [9.17, 15) is 0 Å². The van der Waals surface area contributed by atoms with Gasteiger partial charge in [0.2, 0.25) is 0 Å². The van der Waals surface area contributed by atoms with Gasteiger partial charge in [-0.1, -0.05) is 0 Å². The smallest absolute Gasteiger partial charge is 0.134 e. The number of thiophene rings is 1. The summed E-state index contributed by atoms with van der Waals surface area (Å²) in [6, 6.07) is 2.05. The Balaban J connectivity index is 2.29. The molecule has 0 fully saturated rings. The lowest BCUT2D eigenvalue weighted by atomic mass is 10.3. The Morgan fingerprint density at radius 2 is 2.29 bits per heavy atom. The number of aromatic nitrogens is 1. The van der Waals surface area contributed by atoms with Crippen LogP contribution in [-0.2, 0) is 6.42 Å². The van der Waals surface area contributed by atoms with Crippen LogP contribution in [-0.4, -0.2) is 11.5 Å². The lowest BCUT2D eigenvalue weighted by Crippen LogP contribution is -2.02. The van der Waals surface area contributed by atoms with E-state index in [1.807, 2.05) is 6.07 Å². The molecule has 0 atom stereocenters. The molecular formula is C9H9BrN2S2. The van der Waals surface area contributed by atoms with E-state index in [-0.39, 0.29) is 0 Å². The largest absolute Gasteiger partial charge is 0.330 e. The second kappa shape index (κ2) is 4.53. The van der Waals surface area contributed by atoms with Crippen LogP contribution in [0.1, 0.15) is 5.69 Å². The van der Waals surface area contributed by atoms with Crippen LogP contribution in [0.15, 0.2) is 21.3 Å². The Morgan fingerprint density at radius 3 is 2.93 bits per heavy atom. The maximum absolute atomic E-state index is 5.48. The average molecular weight is 289 g/mol. The van der Waals surface area contributed by atoms with Gasteiger partial charge < -0.3 is 5.73 Å². The van der Waals surface area contributed by atoms with Gasteiger partial charge in [0.1, 0.15) is 5.01 Å². The first-order valence-electron chi connectivity index (χ1n) is 4.19. The van der Waals surface area contributed by atoms with Gasteiger partial charge in [0.25, 0.3) is 0 Å². The quantitative estimate of drug-likeness (QED) is 0.942. The van der Waals surface area contributed by atoms with Gasteiger partial charge in [-0.05, 0) is 33.9 Å². The number of thiazole rings is 1. The molecule has 0 spiro atoms. The number of nitrogens with zero attached hydrogens (tertiary/aromatic N) is 1. The minimum atomic E-state index is 0.661. The van der Waals surface area contributed by atoms with E-state index in [0.717, 1.165) is 21.6 Å². The van der Waals surface area contributed by atoms with Gasteiger partial charge in [-0.3, -0.25) is 0 Å². The highest BCUT2D eigenvalue weighted by molar-refractivity contribution is 9.10. The number of rotatable bonds is 3. The summed E-state index contributed by atoms with van der Waals surface area (Å²) < 4.78 is 1.12. The first-order chi connectivity index (χ1) is 6.81. The molecule has 0 saturated heterocycles. The molecule has 74 valence electrons. The summed E-state index contributed by atoms with van der Waals surface area (Å²) in [5, 5.41) is 5.22. The van der Waals surface area contributed by atoms with Crippen molar-refractivity contribution in [3.05, 3.63) is 27.0 Å². The van der Waals surface area contributed by atoms with E-state index in [0.29, 0.717) is 6.54 Å². The molecule has 0 saturated carbocycles. The minimum absolute atomic E-state index is 0.661. The number of hydrogen-bond acceptors (Lipinski definition) is 4. The molecule has 2 nitrogen and oxygen atoms in total. The predicted octanol–water partition coefficient (Wildman–Crippen LogP) is 3.14. The summed E-state index contributed by atoms with van der Waals surface area (Å²) in [5.74, 6) is 0. The zero-order valence-corrected chi connectivity index (χ0v) is 10.6. The van der Waals surface area contributed by atoms with Crippen LogP contribution in [0, 0.1) is 0 Å². The molecule has 0 aliphatic rings. The van der Waals surface area contributed by atoms with Gasteiger partial charge in [0.05, 0.1) is 10.6 Å². The molecule has 0 aromatic carbocycles. The molecule has 2 aromatic heterocycles. The topological polar surface area (TPSA) is 38.9 Å². The molecule has 2 N–H and O–H groups in total. The first-order valence-corrected chi connectivity index (χ1v) is 6.74. The molecule has 0 aliphatic carbocycles. The van der Waals surface area contributed by atoms with Crippen molar-refractivity contribution in [1.82, 2.24) is 4.98 Å². The van der Waals surface area contributed by atoms with Crippen molar-refractivity contribution in [1.29, 1.82) is 0 Å². The average Bonchev–Trinajstić information content (AvgIpc) is 2.74. The van der Waals surface area contributed by atoms with E-state index in [2.05, 4.69) is 31.7 Å². The molecular weight excluding hydrogens is 280 g/mol. The second-order valence-corrected chi connectivity index (χ2v) is 5.41. The van der Waals surface area contributed by atoms with Crippen LogP contribution in [0.25, 0.3) is 9.88 Å². The van der Waals surface area contributed by atoms with Crippen molar-refractivity contribution in [2.75, 3.05) is 6.54 Å². The van der Waals surface area contributed by atoms with Crippen molar-refractivity contribution in [3.8, 4) is 9.88 Å². The van der Waals surface area contributed by atoms with Crippen LogP contribution in [0.4, 0.5) is 0 Å². The van der Waals surface area contributed by atoms with Crippen LogP contribution in [0.3, 0.4) is 0 Å². The third kappa shape index (κ3) is 2.06. The fourth-order valence-corrected chi connectivity index (χ4v) is 3.79. The molecule has 14 heavy (non-hydrogen) atoms. The molecule has 0 radical (unpaired) electrons. The van der Waals surface area contributed by atoms with Crippen LogP contribution >= 0.6 is 38.6 Å². The van der Waals surface area contributed by atoms with Gasteiger partial charge in [-0.15, -0.1) is 22.7 Å². The Kier molecular flexibility index (Phi) is 3.33. The van der Waals surface area contributed by atoms with Crippen LogP contribution in [0.5, 0.6) is 0 Å². The Hall–Kier alpha value is -0.230. The minimum Gasteiger partial charge on any atom is -0.330 e. The summed E-state index contributed by atoms with van der Waals surface area (Å²) in [5.41, 5.74) is 6.57. The predicted molar refractivity (Wildman–Crippen MR) is 65.9 cm³/mol. The van der Waals surface area contributed by atoms with E-state index in [1.165, 1.54) is 4.88 Å². The lowest BCUT2D eigenvalue weighted by Gasteiger charge is -1.91. The monoisotopic (exact) mass is 288 g/mol. The number of hydrogen-bond donors (Lipinski definition) is 1.